The lowest BCUT2D eigenvalue weighted by atomic mass is 10.1. The van der Waals surface area contributed by atoms with Gasteiger partial charge in [0.15, 0.2) is 6.61 Å². The molecule has 1 aromatic rings. The molecule has 17 heavy (non-hydrogen) atoms. The Morgan fingerprint density at radius 1 is 1.47 bits per heavy atom. The second-order valence-electron chi connectivity index (χ2n) is 3.61. The van der Waals surface area contributed by atoms with Crippen LogP contribution in [0.3, 0.4) is 0 Å². The van der Waals surface area contributed by atoms with Crippen LogP contribution < -0.4 is 10.5 Å². The average molecular weight is 302 g/mol. The number of ether oxygens (including phenoxy) is 2. The first-order chi connectivity index (χ1) is 8.08. The van der Waals surface area contributed by atoms with E-state index in [-0.39, 0.29) is 6.61 Å². The summed E-state index contributed by atoms with van der Waals surface area (Å²) in [6.45, 7) is 2.37. The highest BCUT2D eigenvalue weighted by molar-refractivity contribution is 9.10. The summed E-state index contributed by atoms with van der Waals surface area (Å²) in [5.74, 6) is 0.315. The predicted molar refractivity (Wildman–Crippen MR) is 69.1 cm³/mol. The van der Waals surface area contributed by atoms with Crippen LogP contribution in [-0.2, 0) is 16.0 Å². The Balaban J connectivity index is 2.91. The van der Waals surface area contributed by atoms with Gasteiger partial charge in [-0.25, -0.2) is 4.79 Å². The number of hydrogen-bond donors (Lipinski definition) is 1. The fourth-order valence-electron chi connectivity index (χ4n) is 1.54. The summed E-state index contributed by atoms with van der Waals surface area (Å²) in [4.78, 5) is 11.1. The van der Waals surface area contributed by atoms with Gasteiger partial charge in [-0.05, 0) is 43.1 Å². The van der Waals surface area contributed by atoms with Crippen molar-refractivity contribution in [2.45, 2.75) is 13.3 Å². The van der Waals surface area contributed by atoms with Crippen molar-refractivity contribution in [1.82, 2.24) is 0 Å². The fraction of sp³-hybridized carbons (Fsp3) is 0.417. The van der Waals surface area contributed by atoms with Crippen molar-refractivity contribution in [2.24, 2.45) is 5.73 Å². The number of benzene rings is 1. The maximum atomic E-state index is 11.1. The molecule has 0 unspecified atom stereocenters. The van der Waals surface area contributed by atoms with Crippen LogP contribution in [0.4, 0.5) is 0 Å². The van der Waals surface area contributed by atoms with Gasteiger partial charge in [-0.3, -0.25) is 0 Å². The van der Waals surface area contributed by atoms with Crippen LogP contribution in [0.25, 0.3) is 0 Å². The number of nitrogens with two attached hydrogens (primary N) is 1. The summed E-state index contributed by atoms with van der Waals surface area (Å²) in [7, 11) is 1.33. The Morgan fingerprint density at radius 2 is 2.18 bits per heavy atom. The zero-order valence-corrected chi connectivity index (χ0v) is 11.5. The molecule has 0 aliphatic rings. The molecule has 1 rings (SSSR count). The maximum absolute atomic E-state index is 11.1. The molecule has 0 fully saturated rings. The van der Waals surface area contributed by atoms with Gasteiger partial charge in [-0.15, -0.1) is 0 Å². The van der Waals surface area contributed by atoms with Crippen molar-refractivity contribution in [3.8, 4) is 5.75 Å². The van der Waals surface area contributed by atoms with Crippen LogP contribution in [-0.4, -0.2) is 26.2 Å². The number of methoxy groups -OCH3 is 1. The van der Waals surface area contributed by atoms with Gasteiger partial charge in [-0.2, -0.15) is 0 Å². The first-order valence-corrected chi connectivity index (χ1v) is 6.06. The van der Waals surface area contributed by atoms with E-state index < -0.39 is 5.97 Å². The summed E-state index contributed by atoms with van der Waals surface area (Å²) in [6.07, 6.45) is 0.705. The highest BCUT2D eigenvalue weighted by Crippen LogP contribution is 2.28. The van der Waals surface area contributed by atoms with E-state index in [1.165, 1.54) is 7.11 Å². The van der Waals surface area contributed by atoms with E-state index in [0.717, 1.165) is 15.6 Å². The largest absolute Gasteiger partial charge is 0.481 e. The second kappa shape index (κ2) is 6.61. The monoisotopic (exact) mass is 301 g/mol. The van der Waals surface area contributed by atoms with E-state index in [4.69, 9.17) is 10.5 Å². The Bertz CT molecular complexity index is 407. The van der Waals surface area contributed by atoms with Gasteiger partial charge in [0.25, 0.3) is 0 Å². The molecule has 94 valence electrons. The zero-order chi connectivity index (χ0) is 12.8. The van der Waals surface area contributed by atoms with Crippen LogP contribution in [0.2, 0.25) is 0 Å². The molecule has 0 saturated heterocycles. The number of carbonyl (C=O) groups is 1. The highest BCUT2D eigenvalue weighted by Gasteiger charge is 2.10. The first-order valence-electron chi connectivity index (χ1n) is 5.27. The second-order valence-corrected chi connectivity index (χ2v) is 4.53. The van der Waals surface area contributed by atoms with Gasteiger partial charge < -0.3 is 15.2 Å². The van der Waals surface area contributed by atoms with Crippen LogP contribution in [0.5, 0.6) is 5.75 Å². The Labute approximate surface area is 109 Å². The Morgan fingerprint density at radius 3 is 2.76 bits per heavy atom. The number of carbonyl (C=O) groups excluding carboxylic acids is 1. The number of aryl methyl sites for hydroxylation is 1. The quantitative estimate of drug-likeness (QED) is 0.843. The van der Waals surface area contributed by atoms with Crippen LogP contribution >= 0.6 is 15.9 Å². The average Bonchev–Trinajstić information content (AvgIpc) is 2.27. The summed E-state index contributed by atoms with van der Waals surface area (Å²) in [6, 6.07) is 3.89. The van der Waals surface area contributed by atoms with Crippen LogP contribution in [0.1, 0.15) is 11.1 Å². The summed E-state index contributed by atoms with van der Waals surface area (Å²) < 4.78 is 11.0. The molecule has 0 bridgehead atoms. The van der Waals surface area contributed by atoms with Gasteiger partial charge >= 0.3 is 5.97 Å². The van der Waals surface area contributed by atoms with E-state index in [9.17, 15) is 4.79 Å². The highest BCUT2D eigenvalue weighted by atomic mass is 79.9. The normalized spacial score (nSPS) is 10.1. The summed E-state index contributed by atoms with van der Waals surface area (Å²) in [5, 5.41) is 0. The molecule has 0 heterocycles. The molecule has 0 amide bonds. The fourth-order valence-corrected chi connectivity index (χ4v) is 2.16. The van der Waals surface area contributed by atoms with E-state index in [2.05, 4.69) is 20.7 Å². The van der Waals surface area contributed by atoms with E-state index in [0.29, 0.717) is 18.7 Å². The zero-order valence-electron chi connectivity index (χ0n) is 9.96. The minimum absolute atomic E-state index is 0.0868. The van der Waals surface area contributed by atoms with E-state index in [1.807, 2.05) is 19.1 Å². The third-order valence-corrected chi connectivity index (χ3v) is 2.75. The molecule has 0 saturated carbocycles. The van der Waals surface area contributed by atoms with E-state index in [1.54, 1.807) is 0 Å². The third-order valence-electron chi connectivity index (χ3n) is 2.29. The smallest absolute Gasteiger partial charge is 0.343 e. The molecule has 2 N–H and O–H groups in total. The molecule has 1 aromatic carbocycles. The molecule has 0 spiro atoms. The Hall–Kier alpha value is -1.07. The van der Waals surface area contributed by atoms with E-state index >= 15 is 0 Å². The van der Waals surface area contributed by atoms with Crippen molar-refractivity contribution in [2.75, 3.05) is 20.3 Å². The minimum atomic E-state index is -0.397. The van der Waals surface area contributed by atoms with Gasteiger partial charge in [0.1, 0.15) is 5.75 Å². The number of halogens is 1. The molecular weight excluding hydrogens is 286 g/mol. The lowest BCUT2D eigenvalue weighted by Crippen LogP contribution is -2.15. The number of esters is 1. The minimum Gasteiger partial charge on any atom is -0.481 e. The lowest BCUT2D eigenvalue weighted by molar-refractivity contribution is -0.142. The third kappa shape index (κ3) is 4.02. The Kier molecular flexibility index (Phi) is 5.44. The van der Waals surface area contributed by atoms with Gasteiger partial charge in [0.05, 0.1) is 7.11 Å². The van der Waals surface area contributed by atoms with Gasteiger partial charge in [0.2, 0.25) is 0 Å². The number of hydrogen-bond acceptors (Lipinski definition) is 4. The van der Waals surface area contributed by atoms with Crippen LogP contribution in [0, 0.1) is 6.92 Å². The summed E-state index contributed by atoms with van der Waals surface area (Å²) in [5.41, 5.74) is 7.50. The van der Waals surface area contributed by atoms with Crippen molar-refractivity contribution in [3.05, 3.63) is 27.7 Å². The first kappa shape index (κ1) is 14.0. The van der Waals surface area contributed by atoms with Crippen molar-refractivity contribution >= 4 is 21.9 Å². The lowest BCUT2D eigenvalue weighted by Gasteiger charge is -2.13. The van der Waals surface area contributed by atoms with Gasteiger partial charge in [-0.1, -0.05) is 15.9 Å². The molecule has 0 radical (unpaired) electrons. The predicted octanol–water partition coefficient (Wildman–Crippen LogP) is 1.81. The molecule has 0 aliphatic carbocycles. The molecule has 0 atom stereocenters. The topological polar surface area (TPSA) is 61.5 Å². The van der Waals surface area contributed by atoms with Crippen LogP contribution in [0.15, 0.2) is 16.6 Å². The molecule has 0 aromatic heterocycles. The number of rotatable bonds is 5. The standard InChI is InChI=1S/C12H16BrNO3/c1-8-5-10(13)6-9(3-4-14)12(8)17-7-11(15)16-2/h5-6H,3-4,7,14H2,1-2H3. The van der Waals surface area contributed by atoms with Gasteiger partial charge in [0, 0.05) is 4.47 Å². The maximum Gasteiger partial charge on any atom is 0.343 e. The van der Waals surface area contributed by atoms with Crippen molar-refractivity contribution in [3.63, 3.8) is 0 Å². The molecule has 5 heteroatoms. The molecule has 0 aliphatic heterocycles. The summed E-state index contributed by atoms with van der Waals surface area (Å²) >= 11 is 3.42. The SMILES string of the molecule is COC(=O)COc1c(C)cc(Br)cc1CCN. The molecular formula is C12H16BrNO3. The van der Waals surface area contributed by atoms with Crippen molar-refractivity contribution < 1.29 is 14.3 Å². The molecule has 4 nitrogen and oxygen atoms in total. The van der Waals surface area contributed by atoms with Crippen molar-refractivity contribution in [1.29, 1.82) is 0 Å².